The van der Waals surface area contributed by atoms with Crippen molar-refractivity contribution in [2.45, 2.75) is 26.2 Å². The predicted octanol–water partition coefficient (Wildman–Crippen LogP) is 9.87. The molecule has 412 valence electrons. The summed E-state index contributed by atoms with van der Waals surface area (Å²) >= 11 is 6.42. The van der Waals surface area contributed by atoms with Gasteiger partial charge in [-0.05, 0) is 155 Å². The number of carboxylic acid groups (broad SMARTS) is 3. The average Bonchev–Trinajstić information content (AvgIpc) is 3.41. The summed E-state index contributed by atoms with van der Waals surface area (Å²) in [6, 6.07) is 51.2. The molecule has 0 aromatic heterocycles. The van der Waals surface area contributed by atoms with E-state index in [0.717, 1.165) is 25.8 Å². The SMILES string of the molecule is COc1ccc(-c2ccc(S(=O)(=O)Cc3cccc(C(=O)O)c3)cc2)cc1.COc1ccc(B(O)O)cc1.Nc1cccc(C(=O)O)c1.O=C(O)c1cccc(CS(=O)(=O)c2ccc(Br)cc2)c1.O=S(=O)(Cl)c1ccc(Br)cc1. The first-order valence-corrected chi connectivity index (χ1v) is 29.8. The highest BCUT2D eigenvalue weighted by Gasteiger charge is 2.18. The molecular formula is C55H49BBr2ClNO16S3. The van der Waals surface area contributed by atoms with Gasteiger partial charge in [-0.3, -0.25) is 0 Å². The van der Waals surface area contributed by atoms with Gasteiger partial charge in [-0.25, -0.2) is 39.6 Å². The lowest BCUT2D eigenvalue weighted by molar-refractivity contribution is 0.0686. The van der Waals surface area contributed by atoms with E-state index in [2.05, 4.69) is 31.9 Å². The number of sulfone groups is 2. The molecule has 0 radical (unpaired) electrons. The van der Waals surface area contributed by atoms with Gasteiger partial charge in [0.2, 0.25) is 0 Å². The van der Waals surface area contributed by atoms with Crippen LogP contribution in [0.4, 0.5) is 5.69 Å². The van der Waals surface area contributed by atoms with Gasteiger partial charge >= 0.3 is 25.0 Å². The lowest BCUT2D eigenvalue weighted by atomic mass is 9.80. The van der Waals surface area contributed by atoms with E-state index in [4.69, 9.17) is 51.3 Å². The number of methoxy groups -OCH3 is 2. The van der Waals surface area contributed by atoms with Gasteiger partial charge in [-0.2, -0.15) is 0 Å². The quantitative estimate of drug-likeness (QED) is 0.0335. The molecule has 0 saturated heterocycles. The Hall–Kier alpha value is -7.35. The van der Waals surface area contributed by atoms with Gasteiger partial charge in [0.25, 0.3) is 9.05 Å². The minimum absolute atomic E-state index is 0.0672. The molecule has 8 aromatic carbocycles. The third-order valence-corrected chi connectivity index (χ3v) is 16.3. The largest absolute Gasteiger partial charge is 0.497 e. The fourth-order valence-electron chi connectivity index (χ4n) is 6.52. The Labute approximate surface area is 478 Å². The molecule has 0 unspecified atom stereocenters. The molecule has 17 nitrogen and oxygen atoms in total. The summed E-state index contributed by atoms with van der Waals surface area (Å²) in [4.78, 5) is 32.7. The summed E-state index contributed by atoms with van der Waals surface area (Å²) < 4.78 is 82.8. The van der Waals surface area contributed by atoms with Crippen LogP contribution in [0.1, 0.15) is 42.2 Å². The van der Waals surface area contributed by atoms with Crippen LogP contribution in [0.5, 0.6) is 11.5 Å². The number of nitrogen functional groups attached to an aromatic ring is 1. The molecule has 0 heterocycles. The molecule has 24 heteroatoms. The van der Waals surface area contributed by atoms with Crippen LogP contribution in [0.25, 0.3) is 11.1 Å². The number of ether oxygens (including phenoxy) is 2. The normalized spacial score (nSPS) is 10.7. The third kappa shape index (κ3) is 21.4. The molecule has 7 N–H and O–H groups in total. The Kier molecular flexibility index (Phi) is 24.5. The van der Waals surface area contributed by atoms with Crippen LogP contribution in [0.15, 0.2) is 218 Å². The van der Waals surface area contributed by atoms with Crippen LogP contribution in [-0.4, -0.2) is 89.9 Å². The molecule has 0 saturated carbocycles. The second-order valence-corrected chi connectivity index (χ2v) is 24.6. The summed E-state index contributed by atoms with van der Waals surface area (Å²) in [7, 11) is -3.81. The number of hydrogen-bond acceptors (Lipinski definition) is 14. The fraction of sp³-hybridized carbons (Fsp3) is 0.0727. The molecule has 0 spiro atoms. The standard InChI is InChI=1S/C21H18O5S.C14H11BrO4S.C7H9BO3.C7H7NO2.C6H4BrClO2S/c1-26-19-9-5-16(6-10-19)17-7-11-20(12-8-17)27(24,25)14-15-3-2-4-18(13-15)21(22)23;15-12-4-6-13(7-5-12)20(18,19)9-10-2-1-3-11(8-10)14(16)17;1-11-7-4-2-6(3-5-7)8(9)10;8-6-3-1-2-5(4-6)7(9)10;7-5-1-3-6(4-2-5)11(8,9)10/h2-13H,14H2,1H3,(H,22,23);1-8H,9H2,(H,16,17);2-5,9-10H,1H3;1-4H,8H2,(H,9,10);1-4H. The number of rotatable bonds is 14. The van der Waals surface area contributed by atoms with Crippen LogP contribution in [0.3, 0.4) is 0 Å². The molecule has 0 aliphatic carbocycles. The van der Waals surface area contributed by atoms with E-state index in [0.29, 0.717) is 28.0 Å². The van der Waals surface area contributed by atoms with Crippen LogP contribution < -0.4 is 20.7 Å². The van der Waals surface area contributed by atoms with Gasteiger partial charge in [0.05, 0.1) is 57.1 Å². The Balaban J connectivity index is 0.000000227. The number of aromatic carboxylic acids is 3. The zero-order chi connectivity index (χ0) is 58.5. The first-order chi connectivity index (χ1) is 37.2. The van der Waals surface area contributed by atoms with Crippen molar-refractivity contribution in [2.75, 3.05) is 20.0 Å². The van der Waals surface area contributed by atoms with Crippen LogP contribution in [0, 0.1) is 0 Å². The number of anilines is 1. The molecule has 0 fully saturated rings. The van der Waals surface area contributed by atoms with Crippen molar-refractivity contribution in [3.8, 4) is 22.6 Å². The van der Waals surface area contributed by atoms with E-state index in [1.54, 1.807) is 117 Å². The van der Waals surface area contributed by atoms with E-state index in [1.165, 1.54) is 66.7 Å². The number of carboxylic acids is 3. The summed E-state index contributed by atoms with van der Waals surface area (Å²) in [5.41, 5.74) is 9.37. The summed E-state index contributed by atoms with van der Waals surface area (Å²) in [6.07, 6.45) is 0. The lowest BCUT2D eigenvalue weighted by Crippen LogP contribution is -2.29. The summed E-state index contributed by atoms with van der Waals surface area (Å²) in [5, 5.41) is 43.8. The van der Waals surface area contributed by atoms with Crippen molar-refractivity contribution >= 4 is 107 Å². The highest BCUT2D eigenvalue weighted by Crippen LogP contribution is 2.26. The number of hydrogen-bond donors (Lipinski definition) is 6. The Morgan fingerprint density at radius 1 is 0.481 bits per heavy atom. The van der Waals surface area contributed by atoms with Gasteiger partial charge in [0, 0.05) is 25.3 Å². The number of carbonyl (C=O) groups is 3. The maximum absolute atomic E-state index is 12.7. The highest BCUT2D eigenvalue weighted by molar-refractivity contribution is 9.10. The van der Waals surface area contributed by atoms with E-state index in [9.17, 15) is 39.6 Å². The molecule has 0 atom stereocenters. The van der Waals surface area contributed by atoms with Crippen LogP contribution >= 0.6 is 42.5 Å². The number of nitrogens with two attached hydrogens (primary N) is 1. The van der Waals surface area contributed by atoms with Crippen molar-refractivity contribution < 1.29 is 74.5 Å². The fourth-order valence-corrected chi connectivity index (χ4v) is 10.5. The second-order valence-electron chi connectivity index (χ2n) is 16.2. The predicted molar refractivity (Wildman–Crippen MR) is 309 cm³/mol. The maximum Gasteiger partial charge on any atom is 0.488 e. The van der Waals surface area contributed by atoms with E-state index < -0.39 is 53.8 Å². The van der Waals surface area contributed by atoms with Crippen LogP contribution in [0.2, 0.25) is 0 Å². The maximum atomic E-state index is 12.7. The van der Waals surface area contributed by atoms with Gasteiger partial charge in [0.15, 0.2) is 19.7 Å². The first-order valence-electron chi connectivity index (χ1n) is 22.6. The third-order valence-electron chi connectivity index (χ3n) is 10.5. The van der Waals surface area contributed by atoms with Crippen molar-refractivity contribution in [2.24, 2.45) is 0 Å². The zero-order valence-electron chi connectivity index (χ0n) is 41.6. The zero-order valence-corrected chi connectivity index (χ0v) is 48.0. The molecule has 8 rings (SSSR count). The smallest absolute Gasteiger partial charge is 0.488 e. The van der Waals surface area contributed by atoms with Crippen molar-refractivity contribution in [1.82, 2.24) is 0 Å². The minimum atomic E-state index is -3.58. The van der Waals surface area contributed by atoms with Crippen LogP contribution in [-0.2, 0) is 40.2 Å². The second kappa shape index (κ2) is 30.1. The van der Waals surface area contributed by atoms with Gasteiger partial charge in [0.1, 0.15) is 11.5 Å². The summed E-state index contributed by atoms with van der Waals surface area (Å²) in [5.74, 6) is -2.14. The van der Waals surface area contributed by atoms with Crippen molar-refractivity contribution in [1.29, 1.82) is 0 Å². The minimum Gasteiger partial charge on any atom is -0.497 e. The average molecular weight is 1280 g/mol. The van der Waals surface area contributed by atoms with E-state index in [-0.39, 0.29) is 42.9 Å². The highest BCUT2D eigenvalue weighted by atomic mass is 79.9. The molecule has 79 heavy (non-hydrogen) atoms. The monoisotopic (exact) mass is 1280 g/mol. The first kappa shape index (κ1) is 64.2. The molecule has 8 aromatic rings. The van der Waals surface area contributed by atoms with Gasteiger partial charge in [-0.15, -0.1) is 0 Å². The molecule has 0 amide bonds. The lowest BCUT2D eigenvalue weighted by Gasteiger charge is -2.08. The summed E-state index contributed by atoms with van der Waals surface area (Å²) in [6.45, 7) is 0. The molecule has 0 aliphatic rings. The van der Waals surface area contributed by atoms with E-state index >= 15 is 0 Å². The number of halogens is 3. The van der Waals surface area contributed by atoms with Crippen molar-refractivity contribution in [3.05, 3.63) is 231 Å². The van der Waals surface area contributed by atoms with Crippen molar-refractivity contribution in [3.63, 3.8) is 0 Å². The Morgan fingerprint density at radius 3 is 1.14 bits per heavy atom. The molecule has 0 bridgehead atoms. The van der Waals surface area contributed by atoms with Gasteiger partial charge < -0.3 is 40.6 Å². The number of benzene rings is 8. The Bertz CT molecular complexity index is 3670. The van der Waals surface area contributed by atoms with E-state index in [1.807, 2.05) is 24.3 Å². The molecular weight excluding hydrogens is 1230 g/mol. The Morgan fingerprint density at radius 2 is 0.810 bits per heavy atom. The van der Waals surface area contributed by atoms with Gasteiger partial charge in [-0.1, -0.05) is 98.6 Å². The topological polar surface area (TPSA) is 299 Å². The molecule has 0 aliphatic heterocycles.